The molecule has 1 aliphatic carbocycles. The fraction of sp³-hybridized carbons (Fsp3) is 0.0385. The summed E-state index contributed by atoms with van der Waals surface area (Å²) in [5, 5.41) is 8.51. The van der Waals surface area contributed by atoms with Crippen molar-refractivity contribution in [3.05, 3.63) is 200 Å². The van der Waals surface area contributed by atoms with Crippen molar-refractivity contribution in [3.63, 3.8) is 0 Å². The van der Waals surface area contributed by atoms with Crippen LogP contribution in [0.5, 0.6) is 0 Å². The van der Waals surface area contributed by atoms with Crippen LogP contribution in [0, 0.1) is 0 Å². The number of para-hydroxylation sites is 2. The Bertz CT molecular complexity index is 2710. The lowest BCUT2D eigenvalue weighted by atomic mass is 9.82. The molecule has 0 amide bonds. The van der Waals surface area contributed by atoms with Crippen molar-refractivity contribution in [1.82, 2.24) is 5.32 Å². The Labute approximate surface area is 316 Å². The Hall–Kier alpha value is -6.74. The van der Waals surface area contributed by atoms with E-state index in [0.717, 1.165) is 17.9 Å². The van der Waals surface area contributed by atoms with Gasteiger partial charge < -0.3 is 10.2 Å². The standard InChI is InChI=1S/C52H38N2/c1-53-34-38-20-11-14-27-47(38)54(39-21-9-4-10-22-39)40-30-28-35(29-31-40)41-32-33-46-50-42(41)25-15-26-45(50)51-48(36-16-5-2-6-17-36)43-23-12-13-24-44(43)49(52(46)51)37-18-7-3-8-19-37/h2-33,53H,34H2,1H3. The molecule has 1 aliphatic rings. The second-order valence-corrected chi connectivity index (χ2v) is 14.0. The zero-order valence-corrected chi connectivity index (χ0v) is 30.1. The van der Waals surface area contributed by atoms with Crippen LogP contribution in [0.15, 0.2) is 194 Å². The first kappa shape index (κ1) is 32.0. The molecule has 9 aromatic carbocycles. The maximum absolute atomic E-state index is 3.36. The second-order valence-electron chi connectivity index (χ2n) is 14.0. The molecule has 2 nitrogen and oxygen atoms in total. The van der Waals surface area contributed by atoms with Crippen LogP contribution in [0.4, 0.5) is 17.1 Å². The van der Waals surface area contributed by atoms with E-state index in [9.17, 15) is 0 Å². The van der Waals surface area contributed by atoms with Crippen LogP contribution in [0.25, 0.3) is 77.2 Å². The van der Waals surface area contributed by atoms with Gasteiger partial charge in [0.1, 0.15) is 0 Å². The third kappa shape index (κ3) is 5.15. The third-order valence-corrected chi connectivity index (χ3v) is 11.0. The van der Waals surface area contributed by atoms with Crippen molar-refractivity contribution in [2.45, 2.75) is 6.54 Å². The number of benzene rings is 9. The van der Waals surface area contributed by atoms with Gasteiger partial charge in [-0.25, -0.2) is 0 Å². The van der Waals surface area contributed by atoms with Gasteiger partial charge in [-0.1, -0.05) is 164 Å². The summed E-state index contributed by atoms with van der Waals surface area (Å²) in [6.07, 6.45) is 0. The zero-order chi connectivity index (χ0) is 36.0. The molecular formula is C52H38N2. The molecule has 1 N–H and O–H groups in total. The van der Waals surface area contributed by atoms with Crippen LogP contribution < -0.4 is 10.2 Å². The molecule has 0 spiro atoms. The molecule has 9 aromatic rings. The highest BCUT2D eigenvalue weighted by Gasteiger charge is 2.31. The first-order valence-electron chi connectivity index (χ1n) is 18.7. The summed E-state index contributed by atoms with van der Waals surface area (Å²) in [5.74, 6) is 0. The highest BCUT2D eigenvalue weighted by atomic mass is 15.1. The molecular weight excluding hydrogens is 653 g/mol. The van der Waals surface area contributed by atoms with Gasteiger partial charge in [-0.05, 0) is 120 Å². The van der Waals surface area contributed by atoms with Gasteiger partial charge in [-0.15, -0.1) is 0 Å². The molecule has 2 heteroatoms. The van der Waals surface area contributed by atoms with Crippen molar-refractivity contribution in [2.75, 3.05) is 11.9 Å². The molecule has 54 heavy (non-hydrogen) atoms. The lowest BCUT2D eigenvalue weighted by Crippen LogP contribution is -2.15. The van der Waals surface area contributed by atoms with E-state index >= 15 is 0 Å². The van der Waals surface area contributed by atoms with Gasteiger partial charge in [0.25, 0.3) is 0 Å². The molecule has 0 fully saturated rings. The smallest absolute Gasteiger partial charge is 0.0506 e. The summed E-state index contributed by atoms with van der Waals surface area (Å²) < 4.78 is 0. The van der Waals surface area contributed by atoms with E-state index < -0.39 is 0 Å². The van der Waals surface area contributed by atoms with Crippen LogP contribution in [0.2, 0.25) is 0 Å². The number of fused-ring (bicyclic) bond motifs is 4. The van der Waals surface area contributed by atoms with Gasteiger partial charge in [0.2, 0.25) is 0 Å². The zero-order valence-electron chi connectivity index (χ0n) is 30.1. The number of hydrogen-bond donors (Lipinski definition) is 1. The number of rotatable bonds is 8. The average Bonchev–Trinajstić information content (AvgIpc) is 3.57. The van der Waals surface area contributed by atoms with Gasteiger partial charge in [-0.2, -0.15) is 0 Å². The molecule has 0 atom stereocenters. The highest BCUT2D eigenvalue weighted by molar-refractivity contribution is 6.28. The summed E-state index contributed by atoms with van der Waals surface area (Å²) in [5.41, 5.74) is 17.4. The summed E-state index contributed by atoms with van der Waals surface area (Å²) in [6.45, 7) is 0.786. The predicted octanol–water partition coefficient (Wildman–Crippen LogP) is 13.8. The van der Waals surface area contributed by atoms with Crippen molar-refractivity contribution in [2.24, 2.45) is 0 Å². The van der Waals surface area contributed by atoms with E-state index in [1.807, 2.05) is 7.05 Å². The summed E-state index contributed by atoms with van der Waals surface area (Å²) in [6, 6.07) is 70.9. The molecule has 0 heterocycles. The van der Waals surface area contributed by atoms with Gasteiger partial charge >= 0.3 is 0 Å². The number of anilines is 3. The average molecular weight is 691 g/mol. The van der Waals surface area contributed by atoms with Crippen LogP contribution in [-0.4, -0.2) is 7.05 Å². The molecule has 0 saturated heterocycles. The minimum absolute atomic E-state index is 0.786. The van der Waals surface area contributed by atoms with Crippen LogP contribution in [0.3, 0.4) is 0 Å². The van der Waals surface area contributed by atoms with Gasteiger partial charge in [-0.3, -0.25) is 0 Å². The Morgan fingerprint density at radius 1 is 0.370 bits per heavy atom. The lowest BCUT2D eigenvalue weighted by Gasteiger charge is -2.28. The van der Waals surface area contributed by atoms with E-state index in [1.165, 1.54) is 88.4 Å². The summed E-state index contributed by atoms with van der Waals surface area (Å²) >= 11 is 0. The summed E-state index contributed by atoms with van der Waals surface area (Å²) in [4.78, 5) is 2.36. The maximum Gasteiger partial charge on any atom is 0.0506 e. The Balaban J connectivity index is 1.18. The molecule has 0 aliphatic heterocycles. The maximum atomic E-state index is 3.36. The number of nitrogens with one attached hydrogen (secondary N) is 1. The molecule has 0 saturated carbocycles. The molecule has 256 valence electrons. The quantitative estimate of drug-likeness (QED) is 0.171. The highest BCUT2D eigenvalue weighted by Crippen LogP contribution is 2.58. The van der Waals surface area contributed by atoms with Crippen molar-refractivity contribution >= 4 is 38.6 Å². The molecule has 0 radical (unpaired) electrons. The largest absolute Gasteiger partial charge is 0.316 e. The fourth-order valence-corrected chi connectivity index (χ4v) is 8.72. The van der Waals surface area contributed by atoms with Crippen molar-refractivity contribution in [1.29, 1.82) is 0 Å². The second kappa shape index (κ2) is 13.3. The first-order chi connectivity index (χ1) is 26.8. The Morgan fingerprint density at radius 3 is 1.50 bits per heavy atom. The van der Waals surface area contributed by atoms with E-state index in [0.29, 0.717) is 0 Å². The molecule has 0 aromatic heterocycles. The summed E-state index contributed by atoms with van der Waals surface area (Å²) in [7, 11) is 2.00. The van der Waals surface area contributed by atoms with Crippen LogP contribution >= 0.6 is 0 Å². The fourth-order valence-electron chi connectivity index (χ4n) is 8.72. The Morgan fingerprint density at radius 2 is 0.870 bits per heavy atom. The van der Waals surface area contributed by atoms with E-state index in [4.69, 9.17) is 0 Å². The third-order valence-electron chi connectivity index (χ3n) is 11.0. The van der Waals surface area contributed by atoms with Gasteiger partial charge in [0.05, 0.1) is 5.69 Å². The minimum Gasteiger partial charge on any atom is -0.316 e. The topological polar surface area (TPSA) is 15.3 Å². The van der Waals surface area contributed by atoms with E-state index in [-0.39, 0.29) is 0 Å². The first-order valence-corrected chi connectivity index (χ1v) is 18.7. The van der Waals surface area contributed by atoms with E-state index in [1.54, 1.807) is 0 Å². The predicted molar refractivity (Wildman–Crippen MR) is 230 cm³/mol. The minimum atomic E-state index is 0.786. The lowest BCUT2D eigenvalue weighted by molar-refractivity contribution is 0.817. The number of hydrogen-bond acceptors (Lipinski definition) is 2. The van der Waals surface area contributed by atoms with E-state index in [2.05, 4.69) is 204 Å². The molecule has 10 rings (SSSR count). The number of nitrogens with zero attached hydrogens (tertiary/aromatic N) is 1. The van der Waals surface area contributed by atoms with Gasteiger partial charge in [0.15, 0.2) is 0 Å². The van der Waals surface area contributed by atoms with Gasteiger partial charge in [0, 0.05) is 17.9 Å². The van der Waals surface area contributed by atoms with Crippen molar-refractivity contribution < 1.29 is 0 Å². The normalized spacial score (nSPS) is 11.6. The molecule has 0 unspecified atom stereocenters. The monoisotopic (exact) mass is 690 g/mol. The Kier molecular flexibility index (Phi) is 7.90. The van der Waals surface area contributed by atoms with Crippen molar-refractivity contribution in [3.8, 4) is 55.6 Å². The molecule has 0 bridgehead atoms. The van der Waals surface area contributed by atoms with Crippen LogP contribution in [-0.2, 0) is 6.54 Å². The SMILES string of the molecule is CNCc1ccccc1N(c1ccccc1)c1ccc(-c2ccc3c4c(cccc24)-c2c-3c(-c3ccccc3)c3ccccc3c2-c2ccccc2)cc1. The van der Waals surface area contributed by atoms with Crippen LogP contribution in [0.1, 0.15) is 5.56 Å².